The summed E-state index contributed by atoms with van der Waals surface area (Å²) in [5, 5.41) is 2.64. The summed E-state index contributed by atoms with van der Waals surface area (Å²) in [4.78, 5) is 29.7. The van der Waals surface area contributed by atoms with Crippen LogP contribution in [-0.2, 0) is 0 Å². The van der Waals surface area contributed by atoms with Gasteiger partial charge in [-0.2, -0.15) is 13.2 Å². The molecule has 0 spiro atoms. The van der Waals surface area contributed by atoms with Crippen molar-refractivity contribution in [2.45, 2.75) is 19.5 Å². The molecule has 4 heterocycles. The van der Waals surface area contributed by atoms with Gasteiger partial charge in [-0.15, -0.1) is 0 Å². The molecule has 11 heteroatoms. The van der Waals surface area contributed by atoms with E-state index < -0.39 is 18.0 Å². The number of likely N-dealkylation sites (N-methyl/N-ethyl adjacent to an activating group) is 1. The predicted molar refractivity (Wildman–Crippen MR) is 140 cm³/mol. The second-order valence-electron chi connectivity index (χ2n) is 9.88. The van der Waals surface area contributed by atoms with Gasteiger partial charge >= 0.3 is 6.18 Å². The molecule has 1 aliphatic heterocycles. The average Bonchev–Trinajstić information content (AvgIpc) is 3.31. The Bertz CT molecular complexity index is 1500. The van der Waals surface area contributed by atoms with Crippen LogP contribution in [0, 0.1) is 24.7 Å². The highest BCUT2D eigenvalue weighted by atomic mass is 19.4. The SMILES string of the molecule is Cc1cn2c(C#Cc3cncc(C(=O)NC4=CC=C(CN5CCN(C)CC5)C(C(F)(F)F)C4)c3)cnc2cn1. The molecule has 3 aromatic heterocycles. The van der Waals surface area contributed by atoms with Gasteiger partial charge in [-0.3, -0.25) is 24.1 Å². The lowest BCUT2D eigenvalue weighted by Crippen LogP contribution is -2.46. The number of allylic oxidation sites excluding steroid dienone is 3. The summed E-state index contributed by atoms with van der Waals surface area (Å²) >= 11 is 0. The number of pyridine rings is 1. The van der Waals surface area contributed by atoms with Crippen molar-refractivity contribution >= 4 is 11.6 Å². The molecule has 1 amide bonds. The predicted octanol–water partition coefficient (Wildman–Crippen LogP) is 3.20. The van der Waals surface area contributed by atoms with Crippen molar-refractivity contribution in [3.05, 3.63) is 83.0 Å². The fraction of sp³-hybridized carbons (Fsp3) is 0.357. The number of piperazine rings is 1. The molecule has 0 radical (unpaired) electrons. The summed E-state index contributed by atoms with van der Waals surface area (Å²) < 4.78 is 43.7. The normalized spacial score (nSPS) is 18.7. The summed E-state index contributed by atoms with van der Waals surface area (Å²) in [6.45, 7) is 5.25. The molecule has 202 valence electrons. The van der Waals surface area contributed by atoms with E-state index in [4.69, 9.17) is 0 Å². The summed E-state index contributed by atoms with van der Waals surface area (Å²) in [6, 6.07) is 1.56. The zero-order valence-corrected chi connectivity index (χ0v) is 21.7. The van der Waals surface area contributed by atoms with Crippen LogP contribution in [0.1, 0.15) is 33.7 Å². The molecule has 1 aliphatic carbocycles. The first-order valence-corrected chi connectivity index (χ1v) is 12.6. The van der Waals surface area contributed by atoms with Gasteiger partial charge in [-0.1, -0.05) is 12.0 Å². The fourth-order valence-electron chi connectivity index (χ4n) is 4.65. The highest BCUT2D eigenvalue weighted by molar-refractivity contribution is 5.95. The lowest BCUT2D eigenvalue weighted by atomic mass is 9.88. The van der Waals surface area contributed by atoms with E-state index >= 15 is 0 Å². The Morgan fingerprint density at radius 3 is 2.64 bits per heavy atom. The van der Waals surface area contributed by atoms with Crippen molar-refractivity contribution in [1.29, 1.82) is 0 Å². The lowest BCUT2D eigenvalue weighted by molar-refractivity contribution is -0.165. The Balaban J connectivity index is 1.29. The molecule has 0 saturated carbocycles. The molecule has 3 aromatic rings. The van der Waals surface area contributed by atoms with E-state index in [1.165, 1.54) is 18.5 Å². The fourth-order valence-corrected chi connectivity index (χ4v) is 4.65. The van der Waals surface area contributed by atoms with Gasteiger partial charge < -0.3 is 10.2 Å². The van der Waals surface area contributed by atoms with Crippen LogP contribution in [0.4, 0.5) is 13.2 Å². The molecule has 39 heavy (non-hydrogen) atoms. The monoisotopic (exact) mass is 535 g/mol. The number of halogens is 3. The summed E-state index contributed by atoms with van der Waals surface area (Å²) in [7, 11) is 2.01. The minimum absolute atomic E-state index is 0.205. The standard InChI is InChI=1S/C28H28F3N7O/c1-19-17-38-24(15-34-26(38)16-33-19)6-3-20-11-22(14-32-13-20)27(39)35-23-5-4-21(25(12-23)28(29,30)31)18-37-9-7-36(2)8-10-37/h4-5,11,13-17,25H,7-10,12,18H2,1-2H3,(H,35,39). The number of nitrogens with one attached hydrogen (secondary N) is 1. The molecular weight excluding hydrogens is 507 g/mol. The second kappa shape index (κ2) is 11.0. The summed E-state index contributed by atoms with van der Waals surface area (Å²) in [6.07, 6.45) is 6.34. The number of carbonyl (C=O) groups is 1. The molecule has 1 saturated heterocycles. The van der Waals surface area contributed by atoms with Crippen LogP contribution >= 0.6 is 0 Å². The number of amides is 1. The number of nitrogens with zero attached hydrogens (tertiary/aromatic N) is 6. The van der Waals surface area contributed by atoms with E-state index in [1.54, 1.807) is 24.5 Å². The Labute approximate surface area is 224 Å². The third-order valence-electron chi connectivity index (χ3n) is 6.90. The molecular formula is C28H28F3N7O. The summed E-state index contributed by atoms with van der Waals surface area (Å²) in [5.41, 5.74) is 3.36. The van der Waals surface area contributed by atoms with E-state index in [2.05, 4.69) is 37.0 Å². The lowest BCUT2D eigenvalue weighted by Gasteiger charge is -2.35. The average molecular weight is 536 g/mol. The van der Waals surface area contributed by atoms with Gasteiger partial charge in [0.1, 0.15) is 5.69 Å². The Morgan fingerprint density at radius 2 is 1.87 bits per heavy atom. The van der Waals surface area contributed by atoms with Crippen molar-refractivity contribution in [3.63, 3.8) is 0 Å². The van der Waals surface area contributed by atoms with Crippen molar-refractivity contribution in [3.8, 4) is 11.8 Å². The van der Waals surface area contributed by atoms with Gasteiger partial charge in [0.2, 0.25) is 0 Å². The van der Waals surface area contributed by atoms with E-state index in [0.717, 1.165) is 31.9 Å². The van der Waals surface area contributed by atoms with Crippen LogP contribution in [0.25, 0.3) is 5.65 Å². The van der Waals surface area contributed by atoms with Gasteiger partial charge in [-0.25, -0.2) is 4.98 Å². The molecule has 1 N–H and O–H groups in total. The zero-order valence-electron chi connectivity index (χ0n) is 21.7. The number of aromatic nitrogens is 4. The topological polar surface area (TPSA) is 78.7 Å². The smallest absolute Gasteiger partial charge is 0.326 e. The molecule has 0 aromatic carbocycles. The van der Waals surface area contributed by atoms with E-state index in [0.29, 0.717) is 22.5 Å². The van der Waals surface area contributed by atoms with Crippen molar-refractivity contribution in [2.24, 2.45) is 5.92 Å². The van der Waals surface area contributed by atoms with Crippen molar-refractivity contribution in [2.75, 3.05) is 39.8 Å². The number of hydrogen-bond acceptors (Lipinski definition) is 6. The number of carbonyl (C=O) groups excluding carboxylic acids is 1. The minimum Gasteiger partial charge on any atom is -0.326 e. The number of aryl methyl sites for hydroxylation is 1. The maximum atomic E-state index is 14.0. The van der Waals surface area contributed by atoms with Crippen LogP contribution in [0.5, 0.6) is 0 Å². The van der Waals surface area contributed by atoms with Crippen LogP contribution in [0.3, 0.4) is 0 Å². The Hall–Kier alpha value is -4.01. The number of rotatable bonds is 4. The van der Waals surface area contributed by atoms with Crippen molar-refractivity contribution < 1.29 is 18.0 Å². The van der Waals surface area contributed by atoms with Crippen LogP contribution in [0.15, 0.2) is 60.5 Å². The minimum atomic E-state index is -4.41. The van der Waals surface area contributed by atoms with Gasteiger partial charge in [-0.05, 0) is 37.6 Å². The third-order valence-corrected chi connectivity index (χ3v) is 6.90. The third kappa shape index (κ3) is 6.35. The highest BCUT2D eigenvalue weighted by Crippen LogP contribution is 2.38. The molecule has 1 fully saturated rings. The first-order chi connectivity index (χ1) is 18.7. The van der Waals surface area contributed by atoms with Crippen LogP contribution in [0.2, 0.25) is 0 Å². The zero-order chi connectivity index (χ0) is 27.6. The largest absolute Gasteiger partial charge is 0.395 e. The molecule has 1 unspecified atom stereocenters. The highest BCUT2D eigenvalue weighted by Gasteiger charge is 2.43. The van der Waals surface area contributed by atoms with Gasteiger partial charge in [0, 0.05) is 69.0 Å². The van der Waals surface area contributed by atoms with Gasteiger partial charge in [0.05, 0.1) is 29.6 Å². The van der Waals surface area contributed by atoms with Gasteiger partial charge in [0.15, 0.2) is 5.65 Å². The van der Waals surface area contributed by atoms with E-state index in [1.807, 2.05) is 29.5 Å². The summed E-state index contributed by atoms with van der Waals surface area (Å²) in [5.74, 6) is 3.82. The maximum absolute atomic E-state index is 14.0. The molecule has 0 bridgehead atoms. The van der Waals surface area contributed by atoms with Crippen molar-refractivity contribution in [1.82, 2.24) is 34.5 Å². The van der Waals surface area contributed by atoms with Crippen LogP contribution < -0.4 is 5.32 Å². The first-order valence-electron chi connectivity index (χ1n) is 12.6. The maximum Gasteiger partial charge on any atom is 0.395 e. The second-order valence-corrected chi connectivity index (χ2v) is 9.88. The Kier molecular flexibility index (Phi) is 7.50. The molecule has 1 atom stereocenters. The van der Waals surface area contributed by atoms with Gasteiger partial charge in [0.25, 0.3) is 5.91 Å². The van der Waals surface area contributed by atoms with E-state index in [-0.39, 0.29) is 24.2 Å². The number of alkyl halides is 3. The first kappa shape index (κ1) is 26.6. The molecule has 8 nitrogen and oxygen atoms in total. The Morgan fingerprint density at radius 1 is 1.08 bits per heavy atom. The number of fused-ring (bicyclic) bond motifs is 1. The number of imidazole rings is 1. The van der Waals surface area contributed by atoms with Crippen LogP contribution in [-0.4, -0.2) is 81.0 Å². The van der Waals surface area contributed by atoms with E-state index in [9.17, 15) is 18.0 Å². The molecule has 2 aliphatic rings. The number of hydrogen-bond donors (Lipinski definition) is 1. The quantitative estimate of drug-likeness (QED) is 0.517. The molecule has 5 rings (SSSR count).